The minimum absolute atomic E-state index is 0.0104. The van der Waals surface area contributed by atoms with Crippen molar-refractivity contribution in [2.45, 2.75) is 32.1 Å². The van der Waals surface area contributed by atoms with Crippen LogP contribution in [0, 0.1) is 12.8 Å². The van der Waals surface area contributed by atoms with Gasteiger partial charge in [-0.2, -0.15) is 0 Å². The number of alkyl halides is 2. The Morgan fingerprint density at radius 2 is 2.24 bits per heavy atom. The maximum absolute atomic E-state index is 13.0. The van der Waals surface area contributed by atoms with Gasteiger partial charge in [0.05, 0.1) is 10.7 Å². The summed E-state index contributed by atoms with van der Waals surface area (Å²) >= 11 is 6.06. The number of nitrogens with one attached hydrogen (secondary N) is 1. The van der Waals surface area contributed by atoms with Crippen molar-refractivity contribution in [2.24, 2.45) is 5.92 Å². The molecule has 1 unspecified atom stereocenters. The molecule has 1 nitrogen and oxygen atoms in total. The van der Waals surface area contributed by atoms with E-state index in [9.17, 15) is 8.78 Å². The summed E-state index contributed by atoms with van der Waals surface area (Å²) < 4.78 is 26.1. The van der Waals surface area contributed by atoms with Gasteiger partial charge in [-0.05, 0) is 30.9 Å². The number of aryl methyl sites for hydroxylation is 1. The van der Waals surface area contributed by atoms with E-state index in [1.54, 1.807) is 6.07 Å². The molecule has 0 radical (unpaired) electrons. The Balaban J connectivity index is 1.95. The van der Waals surface area contributed by atoms with Crippen molar-refractivity contribution in [3.8, 4) is 0 Å². The van der Waals surface area contributed by atoms with Crippen LogP contribution in [0.1, 0.15) is 24.8 Å². The lowest BCUT2D eigenvalue weighted by Crippen LogP contribution is -2.15. The van der Waals surface area contributed by atoms with Crippen molar-refractivity contribution >= 4 is 17.3 Å². The fourth-order valence-corrected chi connectivity index (χ4v) is 2.61. The Labute approximate surface area is 105 Å². The van der Waals surface area contributed by atoms with Crippen LogP contribution in [-0.4, -0.2) is 12.5 Å². The lowest BCUT2D eigenvalue weighted by Gasteiger charge is -2.15. The lowest BCUT2D eigenvalue weighted by atomic mass is 10.1. The molecule has 0 heterocycles. The minimum atomic E-state index is -2.47. The summed E-state index contributed by atoms with van der Waals surface area (Å²) in [4.78, 5) is 0. The van der Waals surface area contributed by atoms with Gasteiger partial charge in [-0.3, -0.25) is 0 Å². The van der Waals surface area contributed by atoms with Crippen LogP contribution in [0.15, 0.2) is 18.2 Å². The first kappa shape index (κ1) is 12.6. The second-order valence-corrected chi connectivity index (χ2v) is 5.18. The average molecular weight is 260 g/mol. The van der Waals surface area contributed by atoms with Crippen molar-refractivity contribution < 1.29 is 8.78 Å². The van der Waals surface area contributed by atoms with Crippen LogP contribution >= 0.6 is 11.6 Å². The summed E-state index contributed by atoms with van der Waals surface area (Å²) in [5, 5.41) is 3.84. The van der Waals surface area contributed by atoms with Gasteiger partial charge in [0.15, 0.2) is 0 Å². The third-order valence-corrected chi connectivity index (χ3v) is 3.61. The van der Waals surface area contributed by atoms with Crippen LogP contribution in [0.4, 0.5) is 14.5 Å². The summed E-state index contributed by atoms with van der Waals surface area (Å²) in [6.45, 7) is 2.53. The summed E-state index contributed by atoms with van der Waals surface area (Å²) in [7, 11) is 0. The van der Waals surface area contributed by atoms with Crippen molar-refractivity contribution in [3.63, 3.8) is 0 Å². The monoisotopic (exact) mass is 259 g/mol. The van der Waals surface area contributed by atoms with E-state index in [1.165, 1.54) is 0 Å². The molecule has 1 aromatic rings. The molecule has 4 heteroatoms. The number of halogens is 3. The van der Waals surface area contributed by atoms with E-state index < -0.39 is 5.92 Å². The van der Waals surface area contributed by atoms with Gasteiger partial charge < -0.3 is 5.32 Å². The number of benzene rings is 1. The van der Waals surface area contributed by atoms with Crippen LogP contribution in [0.3, 0.4) is 0 Å². The first-order valence-corrected chi connectivity index (χ1v) is 6.22. The molecule has 1 saturated carbocycles. The van der Waals surface area contributed by atoms with E-state index in [1.807, 2.05) is 19.1 Å². The van der Waals surface area contributed by atoms with E-state index in [0.29, 0.717) is 18.0 Å². The molecule has 17 heavy (non-hydrogen) atoms. The zero-order valence-corrected chi connectivity index (χ0v) is 10.5. The third-order valence-electron chi connectivity index (χ3n) is 3.30. The second-order valence-electron chi connectivity index (χ2n) is 4.78. The normalized spacial score (nSPS) is 22.7. The molecule has 0 saturated heterocycles. The lowest BCUT2D eigenvalue weighted by molar-refractivity contribution is 0.00556. The zero-order valence-electron chi connectivity index (χ0n) is 9.77. The number of para-hydroxylation sites is 1. The third kappa shape index (κ3) is 3.09. The molecule has 1 N–H and O–H groups in total. The number of anilines is 1. The molecule has 1 aliphatic rings. The van der Waals surface area contributed by atoms with E-state index in [4.69, 9.17) is 11.6 Å². The highest BCUT2D eigenvalue weighted by Crippen LogP contribution is 2.39. The summed E-state index contributed by atoms with van der Waals surface area (Å²) in [5.41, 5.74) is 1.91. The predicted molar refractivity (Wildman–Crippen MR) is 67.0 cm³/mol. The molecule has 94 valence electrons. The highest BCUT2D eigenvalue weighted by molar-refractivity contribution is 6.33. The minimum Gasteiger partial charge on any atom is -0.383 e. The van der Waals surface area contributed by atoms with Crippen molar-refractivity contribution in [2.75, 3.05) is 11.9 Å². The molecule has 0 spiro atoms. The van der Waals surface area contributed by atoms with E-state index in [-0.39, 0.29) is 18.8 Å². The van der Waals surface area contributed by atoms with Gasteiger partial charge in [0, 0.05) is 19.4 Å². The van der Waals surface area contributed by atoms with E-state index >= 15 is 0 Å². The maximum Gasteiger partial charge on any atom is 0.248 e. The highest BCUT2D eigenvalue weighted by Gasteiger charge is 2.39. The van der Waals surface area contributed by atoms with Gasteiger partial charge in [-0.25, -0.2) is 8.78 Å². The molecule has 2 rings (SSSR count). The van der Waals surface area contributed by atoms with Gasteiger partial charge in [-0.15, -0.1) is 0 Å². The topological polar surface area (TPSA) is 12.0 Å². The Kier molecular flexibility index (Phi) is 3.57. The first-order chi connectivity index (χ1) is 7.98. The summed E-state index contributed by atoms with van der Waals surface area (Å²) in [6.07, 6.45) is 0.591. The standard InChI is InChI=1S/C13H16ClF2N/c1-9-3-2-4-11(14)12(9)17-8-10-5-6-13(15,16)7-10/h2-4,10,17H,5-8H2,1H3. The molecule has 1 fully saturated rings. The molecule has 0 aromatic heterocycles. The number of hydrogen-bond acceptors (Lipinski definition) is 1. The fraction of sp³-hybridized carbons (Fsp3) is 0.538. The Bertz CT molecular complexity index is 386. The van der Waals surface area contributed by atoms with Crippen LogP contribution in [0.2, 0.25) is 5.02 Å². The van der Waals surface area contributed by atoms with E-state index in [0.717, 1.165) is 11.3 Å². The Morgan fingerprint density at radius 3 is 2.82 bits per heavy atom. The maximum atomic E-state index is 13.0. The molecular weight excluding hydrogens is 244 g/mol. The Hall–Kier alpha value is -0.830. The predicted octanol–water partition coefficient (Wildman–Crippen LogP) is 4.50. The largest absolute Gasteiger partial charge is 0.383 e. The van der Waals surface area contributed by atoms with Crippen LogP contribution in [0.25, 0.3) is 0 Å². The van der Waals surface area contributed by atoms with E-state index in [2.05, 4.69) is 5.32 Å². The van der Waals surface area contributed by atoms with Crippen LogP contribution in [-0.2, 0) is 0 Å². The highest BCUT2D eigenvalue weighted by atomic mass is 35.5. The molecule has 1 aromatic carbocycles. The first-order valence-electron chi connectivity index (χ1n) is 5.85. The quantitative estimate of drug-likeness (QED) is 0.843. The molecule has 1 aliphatic carbocycles. The van der Waals surface area contributed by atoms with Crippen molar-refractivity contribution in [1.29, 1.82) is 0 Å². The molecule has 0 amide bonds. The molecular formula is C13H16ClF2N. The molecule has 1 atom stereocenters. The molecule has 0 bridgehead atoms. The Morgan fingerprint density at radius 1 is 1.47 bits per heavy atom. The molecule has 0 aliphatic heterocycles. The number of rotatable bonds is 3. The van der Waals surface area contributed by atoms with Crippen LogP contribution < -0.4 is 5.32 Å². The number of hydrogen-bond donors (Lipinski definition) is 1. The van der Waals surface area contributed by atoms with Gasteiger partial charge in [0.1, 0.15) is 0 Å². The van der Waals surface area contributed by atoms with Gasteiger partial charge in [-0.1, -0.05) is 23.7 Å². The average Bonchev–Trinajstić information content (AvgIpc) is 2.57. The smallest absolute Gasteiger partial charge is 0.248 e. The van der Waals surface area contributed by atoms with Crippen LogP contribution in [0.5, 0.6) is 0 Å². The zero-order chi connectivity index (χ0) is 12.5. The fourth-order valence-electron chi connectivity index (χ4n) is 2.32. The van der Waals surface area contributed by atoms with Gasteiger partial charge in [0.2, 0.25) is 5.92 Å². The van der Waals surface area contributed by atoms with Gasteiger partial charge >= 0.3 is 0 Å². The summed E-state index contributed by atoms with van der Waals surface area (Å²) in [6, 6.07) is 5.64. The second kappa shape index (κ2) is 4.81. The van der Waals surface area contributed by atoms with Crippen molar-refractivity contribution in [1.82, 2.24) is 0 Å². The SMILES string of the molecule is Cc1cccc(Cl)c1NCC1CCC(F)(F)C1. The van der Waals surface area contributed by atoms with Gasteiger partial charge in [0.25, 0.3) is 0 Å². The summed E-state index contributed by atoms with van der Waals surface area (Å²) in [5.74, 6) is -2.43. The van der Waals surface area contributed by atoms with Crippen molar-refractivity contribution in [3.05, 3.63) is 28.8 Å².